The summed E-state index contributed by atoms with van der Waals surface area (Å²) in [6.45, 7) is 8.35. The van der Waals surface area contributed by atoms with Gasteiger partial charge in [0.05, 0.1) is 0 Å². The fraction of sp³-hybridized carbons (Fsp3) is 0.600. The molecule has 74 valence electrons. The van der Waals surface area contributed by atoms with Crippen molar-refractivity contribution < 1.29 is 0 Å². The standard InChI is InChI=1S/C10H18N2S/c1-3-12(4-2)7-9-5-10(6-11)13-8-9/h5,8H,3-4,6-7,11H2,1-2H3. The van der Waals surface area contributed by atoms with Crippen molar-refractivity contribution in [1.29, 1.82) is 0 Å². The first kappa shape index (κ1) is 10.7. The minimum atomic E-state index is 0.670. The van der Waals surface area contributed by atoms with Crippen LogP contribution in [-0.2, 0) is 13.1 Å². The summed E-state index contributed by atoms with van der Waals surface area (Å²) in [6, 6.07) is 2.21. The number of rotatable bonds is 5. The van der Waals surface area contributed by atoms with Crippen molar-refractivity contribution in [3.8, 4) is 0 Å². The van der Waals surface area contributed by atoms with Gasteiger partial charge in [-0.2, -0.15) is 0 Å². The number of nitrogens with two attached hydrogens (primary N) is 1. The lowest BCUT2D eigenvalue weighted by molar-refractivity contribution is 0.296. The molecule has 0 unspecified atom stereocenters. The molecule has 0 aromatic carbocycles. The third-order valence-electron chi connectivity index (χ3n) is 2.21. The number of hydrogen-bond donors (Lipinski definition) is 1. The summed E-state index contributed by atoms with van der Waals surface area (Å²) in [5, 5.41) is 2.21. The normalized spacial score (nSPS) is 11.1. The second-order valence-electron chi connectivity index (χ2n) is 3.09. The monoisotopic (exact) mass is 198 g/mol. The van der Waals surface area contributed by atoms with Crippen molar-refractivity contribution >= 4 is 11.3 Å². The van der Waals surface area contributed by atoms with Gasteiger partial charge in [0.25, 0.3) is 0 Å². The zero-order chi connectivity index (χ0) is 9.68. The summed E-state index contributed by atoms with van der Waals surface area (Å²) in [6.07, 6.45) is 0. The highest BCUT2D eigenvalue weighted by Gasteiger charge is 2.02. The van der Waals surface area contributed by atoms with Gasteiger partial charge in [-0.3, -0.25) is 4.90 Å². The van der Waals surface area contributed by atoms with Gasteiger partial charge < -0.3 is 5.73 Å². The van der Waals surface area contributed by atoms with E-state index >= 15 is 0 Å². The average molecular weight is 198 g/mol. The summed E-state index contributed by atoms with van der Waals surface area (Å²) >= 11 is 1.76. The molecule has 1 aromatic rings. The Morgan fingerprint density at radius 2 is 2.08 bits per heavy atom. The third-order valence-corrected chi connectivity index (χ3v) is 3.22. The molecule has 0 aliphatic rings. The Labute approximate surface area is 84.4 Å². The Bertz CT molecular complexity index is 241. The molecule has 1 rings (SSSR count). The Hall–Kier alpha value is -0.380. The first-order chi connectivity index (χ1) is 6.30. The zero-order valence-corrected chi connectivity index (χ0v) is 9.23. The molecule has 2 N–H and O–H groups in total. The summed E-state index contributed by atoms with van der Waals surface area (Å²) < 4.78 is 0. The predicted octanol–water partition coefficient (Wildman–Crippen LogP) is 2.05. The maximum Gasteiger partial charge on any atom is 0.0273 e. The third kappa shape index (κ3) is 3.10. The van der Waals surface area contributed by atoms with Crippen molar-refractivity contribution in [3.63, 3.8) is 0 Å². The molecule has 13 heavy (non-hydrogen) atoms. The van der Waals surface area contributed by atoms with Crippen LogP contribution in [0.2, 0.25) is 0 Å². The van der Waals surface area contributed by atoms with E-state index in [1.54, 1.807) is 11.3 Å². The SMILES string of the molecule is CCN(CC)Cc1csc(CN)c1. The molecule has 0 aliphatic carbocycles. The molecule has 0 atom stereocenters. The quantitative estimate of drug-likeness (QED) is 0.784. The highest BCUT2D eigenvalue weighted by Crippen LogP contribution is 2.15. The molecule has 0 bridgehead atoms. The lowest BCUT2D eigenvalue weighted by Crippen LogP contribution is -2.21. The lowest BCUT2D eigenvalue weighted by atomic mass is 10.3. The Morgan fingerprint density at radius 1 is 1.38 bits per heavy atom. The summed E-state index contributed by atoms with van der Waals surface area (Å²) in [5.41, 5.74) is 6.95. The van der Waals surface area contributed by atoms with Gasteiger partial charge in [0.2, 0.25) is 0 Å². The Kier molecular flexibility index (Phi) is 4.42. The molecular weight excluding hydrogens is 180 g/mol. The molecule has 0 amide bonds. The number of thiophene rings is 1. The first-order valence-corrected chi connectivity index (χ1v) is 5.66. The topological polar surface area (TPSA) is 29.3 Å². The van der Waals surface area contributed by atoms with Gasteiger partial charge in [-0.25, -0.2) is 0 Å². The molecule has 0 saturated heterocycles. The van der Waals surface area contributed by atoms with E-state index < -0.39 is 0 Å². The molecule has 2 nitrogen and oxygen atoms in total. The van der Waals surface area contributed by atoms with Crippen LogP contribution >= 0.6 is 11.3 Å². The highest BCUT2D eigenvalue weighted by molar-refractivity contribution is 7.10. The van der Waals surface area contributed by atoms with Crippen LogP contribution in [0.3, 0.4) is 0 Å². The van der Waals surface area contributed by atoms with Crippen LogP contribution < -0.4 is 5.73 Å². The number of hydrogen-bond acceptors (Lipinski definition) is 3. The molecule has 0 saturated carbocycles. The van der Waals surface area contributed by atoms with Crippen molar-refractivity contribution in [3.05, 3.63) is 21.9 Å². The van der Waals surface area contributed by atoms with Crippen LogP contribution in [0.15, 0.2) is 11.4 Å². The van der Waals surface area contributed by atoms with E-state index in [1.807, 2.05) is 0 Å². The van der Waals surface area contributed by atoms with E-state index in [0.29, 0.717) is 6.54 Å². The van der Waals surface area contributed by atoms with E-state index in [-0.39, 0.29) is 0 Å². The van der Waals surface area contributed by atoms with Gasteiger partial charge in [-0.15, -0.1) is 11.3 Å². The van der Waals surface area contributed by atoms with Gasteiger partial charge in [0.15, 0.2) is 0 Å². The van der Waals surface area contributed by atoms with Crippen molar-refractivity contribution in [2.45, 2.75) is 26.9 Å². The van der Waals surface area contributed by atoms with Crippen LogP contribution in [0.5, 0.6) is 0 Å². The Balaban J connectivity index is 2.52. The summed E-state index contributed by atoms with van der Waals surface area (Å²) in [4.78, 5) is 3.68. The molecule has 0 radical (unpaired) electrons. The van der Waals surface area contributed by atoms with Gasteiger partial charge in [0.1, 0.15) is 0 Å². The largest absolute Gasteiger partial charge is 0.326 e. The van der Waals surface area contributed by atoms with E-state index in [1.165, 1.54) is 10.4 Å². The fourth-order valence-corrected chi connectivity index (χ4v) is 2.08. The maximum atomic E-state index is 5.56. The summed E-state index contributed by atoms with van der Waals surface area (Å²) in [5.74, 6) is 0. The highest BCUT2D eigenvalue weighted by atomic mass is 32.1. The van der Waals surface area contributed by atoms with Crippen molar-refractivity contribution in [2.75, 3.05) is 13.1 Å². The predicted molar refractivity (Wildman–Crippen MR) is 58.8 cm³/mol. The lowest BCUT2D eigenvalue weighted by Gasteiger charge is -2.16. The molecule has 0 aliphatic heterocycles. The molecule has 0 fully saturated rings. The molecule has 3 heteroatoms. The second kappa shape index (κ2) is 5.37. The van der Waals surface area contributed by atoms with Gasteiger partial charge >= 0.3 is 0 Å². The first-order valence-electron chi connectivity index (χ1n) is 4.78. The minimum absolute atomic E-state index is 0.670. The smallest absolute Gasteiger partial charge is 0.0273 e. The molecular formula is C10H18N2S. The van der Waals surface area contributed by atoms with Crippen LogP contribution in [-0.4, -0.2) is 18.0 Å². The zero-order valence-electron chi connectivity index (χ0n) is 8.42. The molecule has 0 spiro atoms. The van der Waals surface area contributed by atoms with Crippen molar-refractivity contribution in [2.24, 2.45) is 5.73 Å². The van der Waals surface area contributed by atoms with Gasteiger partial charge in [-0.05, 0) is 30.1 Å². The number of nitrogens with zero attached hydrogens (tertiary/aromatic N) is 1. The maximum absolute atomic E-state index is 5.56. The Morgan fingerprint density at radius 3 is 2.54 bits per heavy atom. The van der Waals surface area contributed by atoms with Gasteiger partial charge in [0, 0.05) is 18.0 Å². The summed E-state index contributed by atoms with van der Waals surface area (Å²) in [7, 11) is 0. The van der Waals surface area contributed by atoms with Crippen LogP contribution in [0, 0.1) is 0 Å². The fourth-order valence-electron chi connectivity index (χ4n) is 1.32. The van der Waals surface area contributed by atoms with Crippen LogP contribution in [0.4, 0.5) is 0 Å². The minimum Gasteiger partial charge on any atom is -0.326 e. The average Bonchev–Trinajstić information content (AvgIpc) is 2.61. The van der Waals surface area contributed by atoms with E-state index in [4.69, 9.17) is 5.73 Å². The molecule has 1 aromatic heterocycles. The van der Waals surface area contributed by atoms with Crippen LogP contribution in [0.25, 0.3) is 0 Å². The van der Waals surface area contributed by atoms with Crippen LogP contribution in [0.1, 0.15) is 24.3 Å². The second-order valence-corrected chi connectivity index (χ2v) is 4.08. The van der Waals surface area contributed by atoms with Crippen molar-refractivity contribution in [1.82, 2.24) is 4.90 Å². The van der Waals surface area contributed by atoms with Gasteiger partial charge in [-0.1, -0.05) is 13.8 Å². The van der Waals surface area contributed by atoms with E-state index in [0.717, 1.165) is 19.6 Å². The van der Waals surface area contributed by atoms with E-state index in [2.05, 4.69) is 30.2 Å². The van der Waals surface area contributed by atoms with E-state index in [9.17, 15) is 0 Å². The molecule has 1 heterocycles.